The van der Waals surface area contributed by atoms with Crippen LogP contribution in [0.3, 0.4) is 0 Å². The summed E-state index contributed by atoms with van der Waals surface area (Å²) in [5.41, 5.74) is 1.68. The molecule has 1 saturated heterocycles. The summed E-state index contributed by atoms with van der Waals surface area (Å²) in [6, 6.07) is 5.82. The molecule has 5 rings (SSSR count). The van der Waals surface area contributed by atoms with Crippen LogP contribution >= 0.6 is 0 Å². The summed E-state index contributed by atoms with van der Waals surface area (Å²) < 4.78 is 51.9. The maximum Gasteiger partial charge on any atom is 0.326 e. The summed E-state index contributed by atoms with van der Waals surface area (Å²) >= 11 is 0. The van der Waals surface area contributed by atoms with E-state index in [0.717, 1.165) is 18.4 Å². The molecule has 170 valence electrons. The van der Waals surface area contributed by atoms with E-state index in [-0.39, 0.29) is 16.2 Å². The van der Waals surface area contributed by atoms with Crippen molar-refractivity contribution in [2.45, 2.75) is 23.8 Å². The Morgan fingerprint density at radius 1 is 1.12 bits per heavy atom. The maximum atomic E-state index is 13.4. The Morgan fingerprint density at radius 2 is 1.88 bits per heavy atom. The van der Waals surface area contributed by atoms with Gasteiger partial charge in [-0.25, -0.2) is 13.6 Å². The molecule has 2 aliphatic rings. The van der Waals surface area contributed by atoms with Gasteiger partial charge in [0.15, 0.2) is 0 Å². The van der Waals surface area contributed by atoms with Gasteiger partial charge in [0.05, 0.1) is 10.9 Å². The number of fused-ring (bicyclic) bond motifs is 3. The van der Waals surface area contributed by atoms with Crippen LogP contribution in [0.2, 0.25) is 0 Å². The molecule has 3 amide bonds. The number of tetrazole rings is 1. The minimum Gasteiger partial charge on any atom is -0.331 e. The second-order valence-electron chi connectivity index (χ2n) is 7.45. The number of nitrogens with one attached hydrogen (secondary N) is 2. The van der Waals surface area contributed by atoms with Crippen LogP contribution in [0.5, 0.6) is 0 Å². The number of halogens is 2. The number of aromatic nitrogens is 4. The van der Waals surface area contributed by atoms with Crippen molar-refractivity contribution >= 4 is 33.6 Å². The van der Waals surface area contributed by atoms with E-state index in [9.17, 15) is 26.8 Å². The van der Waals surface area contributed by atoms with E-state index in [1.807, 2.05) is 0 Å². The van der Waals surface area contributed by atoms with Crippen LogP contribution in [0, 0.1) is 11.6 Å². The topological polar surface area (TPSA) is 139 Å². The third-order valence-electron chi connectivity index (χ3n) is 5.40. The Kier molecular flexibility index (Phi) is 4.81. The molecule has 11 nitrogen and oxygen atoms in total. The minimum absolute atomic E-state index is 0.0832. The van der Waals surface area contributed by atoms with E-state index in [0.29, 0.717) is 36.0 Å². The molecular formula is C19H15F2N7O4S. The van der Waals surface area contributed by atoms with E-state index in [4.69, 9.17) is 0 Å². The summed E-state index contributed by atoms with van der Waals surface area (Å²) in [5, 5.41) is 15.2. The Morgan fingerprint density at radius 3 is 2.64 bits per heavy atom. The number of carbonyl (C=O) groups is 2. The van der Waals surface area contributed by atoms with E-state index >= 15 is 0 Å². The van der Waals surface area contributed by atoms with Crippen LogP contribution in [0.4, 0.5) is 25.2 Å². The number of urea groups is 1. The first-order valence-corrected chi connectivity index (χ1v) is 11.2. The Labute approximate surface area is 185 Å². The van der Waals surface area contributed by atoms with Crippen LogP contribution in [0.25, 0.3) is 0 Å². The zero-order chi connectivity index (χ0) is 23.3. The van der Waals surface area contributed by atoms with Gasteiger partial charge < -0.3 is 10.2 Å². The van der Waals surface area contributed by atoms with Gasteiger partial charge in [-0.15, -0.1) is 0 Å². The molecule has 0 saturated carbocycles. The van der Waals surface area contributed by atoms with Gasteiger partial charge in [0.25, 0.3) is 11.9 Å². The molecule has 0 unspecified atom stereocenters. The number of benzene rings is 2. The Hall–Kier alpha value is -3.94. The van der Waals surface area contributed by atoms with Crippen LogP contribution < -0.4 is 10.6 Å². The van der Waals surface area contributed by atoms with Gasteiger partial charge in [0.2, 0.25) is 0 Å². The summed E-state index contributed by atoms with van der Waals surface area (Å²) in [6.45, 7) is 0.653. The second kappa shape index (κ2) is 7.58. The molecule has 2 N–H and O–H groups in total. The third-order valence-corrected chi connectivity index (χ3v) is 6.82. The number of amides is 3. The molecule has 3 heterocycles. The summed E-state index contributed by atoms with van der Waals surface area (Å²) in [6.07, 6.45) is 1.65. The quantitative estimate of drug-likeness (QED) is 0.589. The average Bonchev–Trinajstić information content (AvgIpc) is 3.47. The van der Waals surface area contributed by atoms with Gasteiger partial charge in [0.1, 0.15) is 11.6 Å². The molecule has 1 atom stereocenters. The zero-order valence-electron chi connectivity index (χ0n) is 16.7. The molecule has 0 aliphatic carbocycles. The van der Waals surface area contributed by atoms with Gasteiger partial charge in [-0.05, 0) is 46.5 Å². The largest absolute Gasteiger partial charge is 0.331 e. The highest BCUT2D eigenvalue weighted by Gasteiger charge is 2.41. The van der Waals surface area contributed by atoms with Crippen LogP contribution in [0.15, 0.2) is 41.3 Å². The van der Waals surface area contributed by atoms with Crippen molar-refractivity contribution in [3.8, 4) is 0 Å². The van der Waals surface area contributed by atoms with Crippen LogP contribution in [-0.2, 0) is 10.0 Å². The first-order chi connectivity index (χ1) is 15.7. The lowest BCUT2D eigenvalue weighted by atomic mass is 10.0. The number of hydrogen-bond acceptors (Lipinski definition) is 7. The smallest absolute Gasteiger partial charge is 0.326 e. The van der Waals surface area contributed by atoms with E-state index in [1.54, 1.807) is 23.1 Å². The number of anilines is 2. The van der Waals surface area contributed by atoms with E-state index < -0.39 is 38.5 Å². The lowest BCUT2D eigenvalue weighted by Crippen LogP contribution is -2.23. The van der Waals surface area contributed by atoms with E-state index in [2.05, 4.69) is 26.0 Å². The summed E-state index contributed by atoms with van der Waals surface area (Å²) in [5.74, 6) is -2.73. The lowest BCUT2D eigenvalue weighted by molar-refractivity contribution is 0.0776. The molecule has 14 heteroatoms. The zero-order valence-corrected chi connectivity index (χ0v) is 17.5. The number of carbonyl (C=O) groups excluding carboxylic acids is 2. The number of hydrogen-bond donors (Lipinski definition) is 2. The van der Waals surface area contributed by atoms with Crippen molar-refractivity contribution in [2.75, 3.05) is 17.2 Å². The highest BCUT2D eigenvalue weighted by atomic mass is 32.2. The number of rotatable bonds is 4. The van der Waals surface area contributed by atoms with Crippen molar-refractivity contribution in [1.29, 1.82) is 0 Å². The van der Waals surface area contributed by atoms with Crippen molar-refractivity contribution in [2.24, 2.45) is 0 Å². The van der Waals surface area contributed by atoms with Crippen molar-refractivity contribution < 1.29 is 26.8 Å². The standard InChI is InChI=1S/C19H15F2N7O4S/c20-10-7-11(21)9-12(8-10)33(31,32)28-25-18(24-26-28)23-19(30)22-14-4-1-3-13-16(14)15-5-2-6-27(15)17(13)29/h1,3-4,7-9,15H,2,5-6H2,(H2,22,23,25,30)/t15-/m1/s1. The van der Waals surface area contributed by atoms with Crippen molar-refractivity contribution in [3.05, 3.63) is 59.2 Å². The van der Waals surface area contributed by atoms with Crippen molar-refractivity contribution in [3.63, 3.8) is 0 Å². The maximum absolute atomic E-state index is 13.4. The highest BCUT2D eigenvalue weighted by Crippen LogP contribution is 2.44. The molecule has 2 aliphatic heterocycles. The molecule has 33 heavy (non-hydrogen) atoms. The predicted molar refractivity (Wildman–Crippen MR) is 109 cm³/mol. The molecule has 1 aromatic heterocycles. The first kappa shape index (κ1) is 20.9. The van der Waals surface area contributed by atoms with Gasteiger partial charge in [-0.3, -0.25) is 10.1 Å². The highest BCUT2D eigenvalue weighted by molar-refractivity contribution is 7.89. The third kappa shape index (κ3) is 3.57. The van der Waals surface area contributed by atoms with Crippen molar-refractivity contribution in [1.82, 2.24) is 24.5 Å². The molecule has 3 aromatic rings. The predicted octanol–water partition coefficient (Wildman–Crippen LogP) is 2.12. The molecule has 0 bridgehead atoms. The van der Waals surface area contributed by atoms with Gasteiger partial charge in [0, 0.05) is 29.4 Å². The Balaban J connectivity index is 1.34. The fourth-order valence-electron chi connectivity index (χ4n) is 4.06. The molecular weight excluding hydrogens is 460 g/mol. The monoisotopic (exact) mass is 475 g/mol. The van der Waals surface area contributed by atoms with E-state index in [1.165, 1.54) is 0 Å². The first-order valence-electron chi connectivity index (χ1n) is 9.77. The SMILES string of the molecule is O=C(Nc1nnn(S(=O)(=O)c2cc(F)cc(F)c2)n1)Nc1cccc2c1[C@H]1CCCN1C2=O. The van der Waals surface area contributed by atoms with Crippen LogP contribution in [0.1, 0.15) is 34.8 Å². The van der Waals surface area contributed by atoms with Crippen LogP contribution in [-0.4, -0.2) is 51.4 Å². The Bertz CT molecular complexity index is 1390. The average molecular weight is 475 g/mol. The number of nitrogens with zero attached hydrogens (tertiary/aromatic N) is 5. The lowest BCUT2D eigenvalue weighted by Gasteiger charge is -2.17. The fraction of sp³-hybridized carbons (Fsp3) is 0.211. The van der Waals surface area contributed by atoms with Gasteiger partial charge in [-0.1, -0.05) is 16.3 Å². The summed E-state index contributed by atoms with van der Waals surface area (Å²) in [7, 11) is -4.54. The summed E-state index contributed by atoms with van der Waals surface area (Å²) in [4.78, 5) is 26.1. The van der Waals surface area contributed by atoms with Gasteiger partial charge >= 0.3 is 16.1 Å². The normalized spacial score (nSPS) is 17.1. The molecule has 2 aromatic carbocycles. The molecule has 0 radical (unpaired) electrons. The molecule has 1 fully saturated rings. The minimum atomic E-state index is -4.54. The second-order valence-corrected chi connectivity index (χ2v) is 9.20. The molecule has 0 spiro atoms. The van der Waals surface area contributed by atoms with Gasteiger partial charge in [-0.2, -0.15) is 8.42 Å². The fourth-order valence-corrected chi connectivity index (χ4v) is 5.09.